The molecule has 0 aliphatic carbocycles. The molecular weight excluding hydrogens is 240 g/mol. The lowest BCUT2D eigenvalue weighted by atomic mass is 10.1. The molecule has 0 aliphatic heterocycles. The fraction of sp³-hybridized carbons (Fsp3) is 0.222. The number of carboxylic acids is 1. The number of halogens is 1. The molecule has 0 unspecified atom stereocenters. The van der Waals surface area contributed by atoms with E-state index in [0.717, 1.165) is 0 Å². The maximum Gasteiger partial charge on any atom is 0.337 e. The van der Waals surface area contributed by atoms with Gasteiger partial charge in [0.25, 0.3) is 0 Å². The van der Waals surface area contributed by atoms with Crippen molar-refractivity contribution in [1.29, 1.82) is 0 Å². The van der Waals surface area contributed by atoms with Crippen LogP contribution in [0.25, 0.3) is 0 Å². The molecule has 1 aromatic rings. The molecule has 0 radical (unpaired) electrons. The van der Waals surface area contributed by atoms with E-state index < -0.39 is 16.7 Å². The van der Waals surface area contributed by atoms with Gasteiger partial charge in [-0.1, -0.05) is 17.7 Å². The topological polar surface area (TPSA) is 71.4 Å². The Hall–Kier alpha value is -1.07. The first-order valence-electron chi connectivity index (χ1n) is 4.06. The summed E-state index contributed by atoms with van der Waals surface area (Å²) < 4.78 is 21.1. The molecule has 0 fully saturated rings. The third-order valence-corrected chi connectivity index (χ3v) is 3.11. The van der Waals surface area contributed by atoms with Crippen molar-refractivity contribution in [2.24, 2.45) is 0 Å². The number of carbonyl (C=O) groups is 1. The zero-order valence-electron chi connectivity index (χ0n) is 7.86. The van der Waals surface area contributed by atoms with Crippen molar-refractivity contribution in [3.63, 3.8) is 0 Å². The van der Waals surface area contributed by atoms with Crippen LogP contribution in [0.3, 0.4) is 0 Å². The second-order valence-corrected chi connectivity index (χ2v) is 4.37. The van der Waals surface area contributed by atoms with Crippen LogP contribution in [-0.4, -0.2) is 19.5 Å². The number of carboxylic acid groups (broad SMARTS) is 1. The van der Waals surface area contributed by atoms with Gasteiger partial charge in [-0.15, -0.1) is 0 Å². The van der Waals surface area contributed by atoms with Gasteiger partial charge >= 0.3 is 5.97 Å². The van der Waals surface area contributed by atoms with Gasteiger partial charge in [0.2, 0.25) is 0 Å². The molecule has 0 aromatic heterocycles. The quantitative estimate of drug-likeness (QED) is 0.795. The molecule has 82 valence electrons. The largest absolute Gasteiger partial charge is 0.478 e. The molecule has 0 heterocycles. The highest BCUT2D eigenvalue weighted by Crippen LogP contribution is 2.24. The minimum absolute atomic E-state index is 0.0148. The van der Waals surface area contributed by atoms with E-state index in [1.165, 1.54) is 12.1 Å². The van der Waals surface area contributed by atoms with Gasteiger partial charge < -0.3 is 5.11 Å². The van der Waals surface area contributed by atoms with E-state index in [4.69, 9.17) is 16.7 Å². The maximum atomic E-state index is 10.7. The molecule has 0 saturated heterocycles. The standard InChI is InChI=1S/C9H9ClO4S/c1-5-6(4-15(13)14)2-3-7(8(5)10)9(11)12/h2-3,15H,4H2,1H3,(H,11,12). The van der Waals surface area contributed by atoms with E-state index in [-0.39, 0.29) is 16.3 Å². The molecule has 4 nitrogen and oxygen atoms in total. The Kier molecular flexibility index (Phi) is 3.71. The maximum absolute atomic E-state index is 10.7. The van der Waals surface area contributed by atoms with Crippen LogP contribution in [0.15, 0.2) is 12.1 Å². The Balaban J connectivity index is 3.26. The van der Waals surface area contributed by atoms with Gasteiger partial charge in [0.1, 0.15) is 10.7 Å². The Bertz CT molecular complexity index is 471. The number of aromatic carboxylic acids is 1. The summed E-state index contributed by atoms with van der Waals surface area (Å²) in [5.74, 6) is -1.25. The van der Waals surface area contributed by atoms with Crippen LogP contribution in [0.4, 0.5) is 0 Å². The molecule has 6 heteroatoms. The number of thiol groups is 1. The van der Waals surface area contributed by atoms with E-state index >= 15 is 0 Å². The summed E-state index contributed by atoms with van der Waals surface area (Å²) in [7, 11) is -2.54. The zero-order chi connectivity index (χ0) is 11.6. The monoisotopic (exact) mass is 248 g/mol. The second kappa shape index (κ2) is 4.63. The lowest BCUT2D eigenvalue weighted by Gasteiger charge is -2.06. The Morgan fingerprint density at radius 3 is 2.53 bits per heavy atom. The van der Waals surface area contributed by atoms with E-state index in [2.05, 4.69) is 0 Å². The van der Waals surface area contributed by atoms with Crippen molar-refractivity contribution in [3.05, 3.63) is 33.8 Å². The molecule has 1 N–H and O–H groups in total. The van der Waals surface area contributed by atoms with Crippen LogP contribution in [0, 0.1) is 6.92 Å². The normalized spacial score (nSPS) is 10.6. The summed E-state index contributed by atoms with van der Waals surface area (Å²) in [6.45, 7) is 1.60. The van der Waals surface area contributed by atoms with E-state index in [0.29, 0.717) is 11.1 Å². The van der Waals surface area contributed by atoms with Crippen LogP contribution in [0.1, 0.15) is 21.5 Å². The van der Waals surface area contributed by atoms with Crippen LogP contribution in [-0.2, 0) is 16.5 Å². The predicted molar refractivity (Wildman–Crippen MR) is 57.2 cm³/mol. The molecule has 0 saturated carbocycles. The SMILES string of the molecule is Cc1c(C[SH](=O)=O)ccc(C(=O)O)c1Cl. The summed E-state index contributed by atoms with van der Waals surface area (Å²) >= 11 is 5.80. The Labute approximate surface area is 93.4 Å². The fourth-order valence-electron chi connectivity index (χ4n) is 1.20. The van der Waals surface area contributed by atoms with Crippen LogP contribution in [0.5, 0.6) is 0 Å². The number of hydrogen-bond acceptors (Lipinski definition) is 3. The predicted octanol–water partition coefficient (Wildman–Crippen LogP) is 1.46. The lowest BCUT2D eigenvalue weighted by molar-refractivity contribution is 0.0697. The third-order valence-electron chi connectivity index (χ3n) is 2.03. The fourth-order valence-corrected chi connectivity index (χ4v) is 2.09. The highest BCUT2D eigenvalue weighted by molar-refractivity contribution is 7.71. The van der Waals surface area contributed by atoms with E-state index in [1.54, 1.807) is 6.92 Å². The average molecular weight is 249 g/mol. The molecular formula is C9H9ClO4S. The summed E-state index contributed by atoms with van der Waals surface area (Å²) in [5, 5.41) is 8.85. The highest BCUT2D eigenvalue weighted by Gasteiger charge is 2.13. The molecule has 0 spiro atoms. The molecule has 0 aliphatic rings. The molecule has 0 amide bonds. The second-order valence-electron chi connectivity index (χ2n) is 3.01. The van der Waals surface area contributed by atoms with Gasteiger partial charge in [0.05, 0.1) is 16.3 Å². The van der Waals surface area contributed by atoms with Gasteiger partial charge in [0, 0.05) is 0 Å². The van der Waals surface area contributed by atoms with Gasteiger partial charge in [-0.3, -0.25) is 0 Å². The van der Waals surface area contributed by atoms with Crippen molar-refractivity contribution >= 4 is 28.3 Å². The highest BCUT2D eigenvalue weighted by atomic mass is 35.5. The average Bonchev–Trinajstić information content (AvgIpc) is 2.12. The minimum Gasteiger partial charge on any atom is -0.478 e. The summed E-state index contributed by atoms with van der Waals surface area (Å²) in [6, 6.07) is 2.78. The van der Waals surface area contributed by atoms with E-state index in [1.807, 2.05) is 0 Å². The van der Waals surface area contributed by atoms with Gasteiger partial charge in [0.15, 0.2) is 0 Å². The van der Waals surface area contributed by atoms with Crippen molar-refractivity contribution in [1.82, 2.24) is 0 Å². The van der Waals surface area contributed by atoms with Crippen molar-refractivity contribution in [3.8, 4) is 0 Å². The molecule has 15 heavy (non-hydrogen) atoms. The molecule has 1 aromatic carbocycles. The van der Waals surface area contributed by atoms with Crippen LogP contribution >= 0.6 is 11.6 Å². The summed E-state index contributed by atoms with van der Waals surface area (Å²) in [4.78, 5) is 10.7. The zero-order valence-corrected chi connectivity index (χ0v) is 9.51. The first-order chi connectivity index (χ1) is 6.93. The van der Waals surface area contributed by atoms with Gasteiger partial charge in [-0.05, 0) is 24.1 Å². The van der Waals surface area contributed by atoms with Crippen molar-refractivity contribution in [2.45, 2.75) is 12.7 Å². The molecule has 0 bridgehead atoms. The Morgan fingerprint density at radius 2 is 2.07 bits per heavy atom. The summed E-state index contributed by atoms with van der Waals surface area (Å²) in [5.41, 5.74) is 1.01. The first-order valence-corrected chi connectivity index (χ1v) is 5.80. The number of benzene rings is 1. The van der Waals surface area contributed by atoms with Crippen LogP contribution < -0.4 is 0 Å². The number of rotatable bonds is 3. The minimum atomic E-state index is -2.54. The smallest absolute Gasteiger partial charge is 0.337 e. The number of hydrogen-bond donors (Lipinski definition) is 2. The summed E-state index contributed by atoms with van der Waals surface area (Å²) in [6.07, 6.45) is 0. The first kappa shape index (κ1) is 12.0. The van der Waals surface area contributed by atoms with E-state index in [9.17, 15) is 13.2 Å². The Morgan fingerprint density at radius 1 is 1.47 bits per heavy atom. The molecule has 0 atom stereocenters. The van der Waals surface area contributed by atoms with Crippen molar-refractivity contribution in [2.75, 3.05) is 0 Å². The van der Waals surface area contributed by atoms with Crippen LogP contribution in [0.2, 0.25) is 5.02 Å². The van der Waals surface area contributed by atoms with Crippen molar-refractivity contribution < 1.29 is 18.3 Å². The lowest BCUT2D eigenvalue weighted by Crippen LogP contribution is -2.01. The third kappa shape index (κ3) is 2.70. The van der Waals surface area contributed by atoms with Gasteiger partial charge in [-0.2, -0.15) is 0 Å². The van der Waals surface area contributed by atoms with Gasteiger partial charge in [-0.25, -0.2) is 13.2 Å². The molecule has 1 rings (SSSR count).